The zero-order valence-corrected chi connectivity index (χ0v) is 15.9. The van der Waals surface area contributed by atoms with Crippen molar-refractivity contribution in [1.82, 2.24) is 4.72 Å². The standard InChI is InChI=1S/C13H17Br2NO4S/c1-4-8(2)12(13(17)20-3)16-21(18,19)11-6-5-9(14)7-10(11)15/h5-8,12,16H,4H2,1-3H3. The van der Waals surface area contributed by atoms with Gasteiger partial charge in [-0.05, 0) is 40.0 Å². The normalized spacial score (nSPS) is 14.5. The summed E-state index contributed by atoms with van der Waals surface area (Å²) in [6.45, 7) is 3.67. The zero-order valence-electron chi connectivity index (χ0n) is 11.9. The molecular weight excluding hydrogens is 426 g/mol. The first-order chi connectivity index (χ1) is 9.72. The molecular formula is C13H17Br2NO4S. The van der Waals surface area contributed by atoms with E-state index in [9.17, 15) is 13.2 Å². The summed E-state index contributed by atoms with van der Waals surface area (Å²) in [7, 11) is -2.60. The Bertz CT molecular complexity index is 619. The van der Waals surface area contributed by atoms with Gasteiger partial charge in [-0.1, -0.05) is 36.2 Å². The van der Waals surface area contributed by atoms with Crippen LogP contribution >= 0.6 is 31.9 Å². The maximum absolute atomic E-state index is 12.5. The van der Waals surface area contributed by atoms with Gasteiger partial charge in [-0.3, -0.25) is 4.79 Å². The van der Waals surface area contributed by atoms with Crippen LogP contribution in [0.15, 0.2) is 32.0 Å². The number of benzene rings is 1. The zero-order chi connectivity index (χ0) is 16.2. The quantitative estimate of drug-likeness (QED) is 0.687. The molecule has 5 nitrogen and oxygen atoms in total. The average molecular weight is 443 g/mol. The highest BCUT2D eigenvalue weighted by Crippen LogP contribution is 2.26. The second kappa shape index (κ2) is 7.71. The van der Waals surface area contributed by atoms with E-state index in [4.69, 9.17) is 0 Å². The van der Waals surface area contributed by atoms with E-state index >= 15 is 0 Å². The lowest BCUT2D eigenvalue weighted by Crippen LogP contribution is -2.45. The molecule has 0 aliphatic heterocycles. The van der Waals surface area contributed by atoms with Crippen molar-refractivity contribution in [1.29, 1.82) is 0 Å². The number of esters is 1. The minimum absolute atomic E-state index is 0.0721. The number of rotatable bonds is 6. The molecule has 0 aromatic heterocycles. The highest BCUT2D eigenvalue weighted by atomic mass is 79.9. The van der Waals surface area contributed by atoms with Gasteiger partial charge in [0.25, 0.3) is 0 Å². The molecule has 8 heteroatoms. The van der Waals surface area contributed by atoms with E-state index in [1.807, 2.05) is 6.92 Å². The molecule has 1 rings (SSSR count). The van der Waals surface area contributed by atoms with Crippen LogP contribution in [0, 0.1) is 5.92 Å². The average Bonchev–Trinajstić information content (AvgIpc) is 2.42. The Kier molecular flexibility index (Phi) is 6.83. The Balaban J connectivity index is 3.14. The van der Waals surface area contributed by atoms with Crippen LogP contribution in [-0.2, 0) is 19.6 Å². The third-order valence-corrected chi connectivity index (χ3v) is 6.04. The minimum atomic E-state index is -3.84. The third kappa shape index (κ3) is 4.77. The van der Waals surface area contributed by atoms with Gasteiger partial charge < -0.3 is 4.74 Å². The summed E-state index contributed by atoms with van der Waals surface area (Å²) in [5, 5.41) is 0. The van der Waals surface area contributed by atoms with E-state index in [0.717, 1.165) is 4.47 Å². The first-order valence-electron chi connectivity index (χ1n) is 6.28. The van der Waals surface area contributed by atoms with Crippen molar-refractivity contribution in [2.45, 2.75) is 31.2 Å². The van der Waals surface area contributed by atoms with Crippen molar-refractivity contribution in [2.75, 3.05) is 7.11 Å². The number of hydrogen-bond acceptors (Lipinski definition) is 4. The molecule has 1 N–H and O–H groups in total. The van der Waals surface area contributed by atoms with Crippen LogP contribution in [0.25, 0.3) is 0 Å². The molecule has 0 saturated heterocycles. The molecule has 118 valence electrons. The van der Waals surface area contributed by atoms with Crippen LogP contribution in [0.1, 0.15) is 20.3 Å². The summed E-state index contributed by atoms with van der Waals surface area (Å²) in [5.41, 5.74) is 0. The number of carbonyl (C=O) groups excluding carboxylic acids is 1. The van der Waals surface area contributed by atoms with Crippen molar-refractivity contribution in [3.63, 3.8) is 0 Å². The molecule has 0 spiro atoms. The fourth-order valence-electron chi connectivity index (χ4n) is 1.68. The maximum Gasteiger partial charge on any atom is 0.324 e. The Morgan fingerprint density at radius 2 is 2.00 bits per heavy atom. The lowest BCUT2D eigenvalue weighted by Gasteiger charge is -2.22. The van der Waals surface area contributed by atoms with Crippen molar-refractivity contribution in [3.8, 4) is 0 Å². The van der Waals surface area contributed by atoms with Crippen LogP contribution < -0.4 is 4.72 Å². The van der Waals surface area contributed by atoms with Gasteiger partial charge in [0.1, 0.15) is 6.04 Å². The summed E-state index contributed by atoms with van der Waals surface area (Å²) in [5.74, 6) is -0.775. The number of sulfonamides is 1. The predicted molar refractivity (Wildman–Crippen MR) is 87.4 cm³/mol. The maximum atomic E-state index is 12.5. The van der Waals surface area contributed by atoms with Crippen LogP contribution in [0.2, 0.25) is 0 Å². The monoisotopic (exact) mass is 441 g/mol. The van der Waals surface area contributed by atoms with Gasteiger partial charge in [0.15, 0.2) is 0 Å². The molecule has 0 aliphatic carbocycles. The number of halogens is 2. The fraction of sp³-hybridized carbons (Fsp3) is 0.462. The lowest BCUT2D eigenvalue weighted by molar-refractivity contribution is -0.143. The molecule has 1 aromatic carbocycles. The molecule has 0 fully saturated rings. The van der Waals surface area contributed by atoms with E-state index in [1.165, 1.54) is 13.2 Å². The number of ether oxygens (including phenoxy) is 1. The largest absolute Gasteiger partial charge is 0.468 e. The van der Waals surface area contributed by atoms with Gasteiger partial charge in [0, 0.05) is 8.95 Å². The van der Waals surface area contributed by atoms with Crippen molar-refractivity contribution >= 4 is 47.9 Å². The van der Waals surface area contributed by atoms with Crippen molar-refractivity contribution in [3.05, 3.63) is 27.1 Å². The summed E-state index contributed by atoms with van der Waals surface area (Å²) in [4.78, 5) is 11.9. The van der Waals surface area contributed by atoms with Gasteiger partial charge in [0.2, 0.25) is 10.0 Å². The smallest absolute Gasteiger partial charge is 0.324 e. The molecule has 0 amide bonds. The first kappa shape index (κ1) is 18.6. The topological polar surface area (TPSA) is 72.5 Å². The Morgan fingerprint density at radius 1 is 1.38 bits per heavy atom. The minimum Gasteiger partial charge on any atom is -0.468 e. The van der Waals surface area contributed by atoms with E-state index < -0.39 is 22.0 Å². The number of nitrogens with one attached hydrogen (secondary N) is 1. The molecule has 0 heterocycles. The predicted octanol–water partition coefficient (Wildman–Crippen LogP) is 3.08. The Morgan fingerprint density at radius 3 is 2.48 bits per heavy atom. The summed E-state index contributed by atoms with van der Waals surface area (Å²) >= 11 is 6.48. The van der Waals surface area contributed by atoms with Gasteiger partial charge in [-0.2, -0.15) is 4.72 Å². The fourth-order valence-corrected chi connectivity index (χ4v) is 4.72. The molecule has 0 aliphatic rings. The van der Waals surface area contributed by atoms with Crippen LogP contribution in [0.4, 0.5) is 0 Å². The highest BCUT2D eigenvalue weighted by Gasteiger charge is 2.31. The van der Waals surface area contributed by atoms with E-state index in [1.54, 1.807) is 19.1 Å². The SMILES string of the molecule is CCC(C)C(NS(=O)(=O)c1ccc(Br)cc1Br)C(=O)OC. The van der Waals surface area contributed by atoms with E-state index in [2.05, 4.69) is 41.3 Å². The molecule has 0 radical (unpaired) electrons. The number of methoxy groups -OCH3 is 1. The van der Waals surface area contributed by atoms with Crippen LogP contribution in [-0.4, -0.2) is 27.5 Å². The molecule has 21 heavy (non-hydrogen) atoms. The Labute approximate surface area is 141 Å². The van der Waals surface area contributed by atoms with Gasteiger partial charge in [-0.15, -0.1) is 0 Å². The third-order valence-electron chi connectivity index (χ3n) is 3.13. The first-order valence-corrected chi connectivity index (χ1v) is 9.35. The van der Waals surface area contributed by atoms with Crippen molar-refractivity contribution in [2.24, 2.45) is 5.92 Å². The Hall–Kier alpha value is -0.440. The van der Waals surface area contributed by atoms with Gasteiger partial charge in [-0.25, -0.2) is 8.42 Å². The lowest BCUT2D eigenvalue weighted by atomic mass is 10.0. The van der Waals surface area contributed by atoms with Gasteiger partial charge in [0.05, 0.1) is 12.0 Å². The van der Waals surface area contributed by atoms with E-state index in [-0.39, 0.29) is 10.8 Å². The highest BCUT2D eigenvalue weighted by molar-refractivity contribution is 9.11. The summed E-state index contributed by atoms with van der Waals surface area (Å²) in [6, 6.07) is 3.79. The number of hydrogen-bond donors (Lipinski definition) is 1. The van der Waals surface area contributed by atoms with Crippen LogP contribution in [0.5, 0.6) is 0 Å². The molecule has 0 bridgehead atoms. The van der Waals surface area contributed by atoms with Crippen molar-refractivity contribution < 1.29 is 17.9 Å². The molecule has 1 aromatic rings. The summed E-state index contributed by atoms with van der Waals surface area (Å²) in [6.07, 6.45) is 0.643. The molecule has 2 atom stereocenters. The second-order valence-electron chi connectivity index (χ2n) is 4.58. The molecule has 0 saturated carbocycles. The molecule has 2 unspecified atom stereocenters. The van der Waals surface area contributed by atoms with Crippen LogP contribution in [0.3, 0.4) is 0 Å². The second-order valence-corrected chi connectivity index (χ2v) is 8.03. The number of carbonyl (C=O) groups is 1. The van der Waals surface area contributed by atoms with E-state index in [0.29, 0.717) is 10.9 Å². The van der Waals surface area contributed by atoms with Gasteiger partial charge >= 0.3 is 5.97 Å². The summed E-state index contributed by atoms with van der Waals surface area (Å²) < 4.78 is 33.2.